The maximum absolute atomic E-state index is 9.11. The highest BCUT2D eigenvalue weighted by Crippen LogP contribution is 2.34. The average molecular weight is 240 g/mol. The Hall–Kier alpha value is -1.52. The van der Waals surface area contributed by atoms with Crippen molar-refractivity contribution in [1.82, 2.24) is 4.98 Å². The Labute approximate surface area is 97.4 Å². The minimum atomic E-state index is -0.193. The maximum atomic E-state index is 9.11. The molecule has 0 spiro atoms. The zero-order chi connectivity index (χ0) is 11.5. The Morgan fingerprint density at radius 1 is 1.50 bits per heavy atom. The van der Waals surface area contributed by atoms with E-state index in [0.717, 1.165) is 0 Å². The highest BCUT2D eigenvalue weighted by Gasteiger charge is 2.15. The SMILES string of the molecule is COc1ccc(Cl)cc1-c1ocnc1CO. The number of nitrogens with zero attached hydrogens (tertiary/aromatic N) is 1. The van der Waals surface area contributed by atoms with Gasteiger partial charge in [0.25, 0.3) is 0 Å². The van der Waals surface area contributed by atoms with Crippen molar-refractivity contribution in [3.05, 3.63) is 35.3 Å². The zero-order valence-corrected chi connectivity index (χ0v) is 9.36. The second-order valence-electron chi connectivity index (χ2n) is 3.13. The van der Waals surface area contributed by atoms with E-state index in [1.807, 2.05) is 0 Å². The Balaban J connectivity index is 2.58. The van der Waals surface area contributed by atoms with Crippen LogP contribution in [0.3, 0.4) is 0 Å². The van der Waals surface area contributed by atoms with Gasteiger partial charge in [0.15, 0.2) is 12.2 Å². The van der Waals surface area contributed by atoms with Crippen LogP contribution < -0.4 is 4.74 Å². The Bertz CT molecular complexity index is 496. The fraction of sp³-hybridized carbons (Fsp3) is 0.182. The van der Waals surface area contributed by atoms with Crippen LogP contribution in [0.15, 0.2) is 29.0 Å². The lowest BCUT2D eigenvalue weighted by Crippen LogP contribution is -1.91. The van der Waals surface area contributed by atoms with Crippen LogP contribution >= 0.6 is 11.6 Å². The minimum Gasteiger partial charge on any atom is -0.496 e. The number of aliphatic hydroxyl groups is 1. The second kappa shape index (κ2) is 4.55. The quantitative estimate of drug-likeness (QED) is 0.894. The fourth-order valence-corrected chi connectivity index (χ4v) is 1.63. The molecule has 0 radical (unpaired) electrons. The Morgan fingerprint density at radius 3 is 3.00 bits per heavy atom. The first-order valence-corrected chi connectivity index (χ1v) is 5.01. The molecule has 0 aliphatic rings. The van der Waals surface area contributed by atoms with Crippen LogP contribution in [0.4, 0.5) is 0 Å². The van der Waals surface area contributed by atoms with E-state index in [1.165, 1.54) is 6.39 Å². The van der Waals surface area contributed by atoms with Gasteiger partial charge < -0.3 is 14.3 Å². The number of aromatic nitrogens is 1. The summed E-state index contributed by atoms with van der Waals surface area (Å²) in [5.74, 6) is 1.10. The molecule has 0 aliphatic heterocycles. The van der Waals surface area contributed by atoms with Gasteiger partial charge in [-0.25, -0.2) is 4.98 Å². The number of rotatable bonds is 3. The van der Waals surface area contributed by atoms with Crippen LogP contribution in [0.2, 0.25) is 5.02 Å². The van der Waals surface area contributed by atoms with Gasteiger partial charge in [0.05, 0.1) is 19.3 Å². The first kappa shape index (κ1) is 11.0. The van der Waals surface area contributed by atoms with Crippen LogP contribution in [0.25, 0.3) is 11.3 Å². The van der Waals surface area contributed by atoms with E-state index in [-0.39, 0.29) is 6.61 Å². The summed E-state index contributed by atoms with van der Waals surface area (Å²) in [6, 6.07) is 5.17. The largest absolute Gasteiger partial charge is 0.496 e. The van der Waals surface area contributed by atoms with Crippen LogP contribution in [-0.2, 0) is 6.61 Å². The van der Waals surface area contributed by atoms with Crippen molar-refractivity contribution in [3.8, 4) is 17.1 Å². The van der Waals surface area contributed by atoms with Crippen LogP contribution in [-0.4, -0.2) is 17.2 Å². The molecule has 0 saturated heterocycles. The second-order valence-corrected chi connectivity index (χ2v) is 3.57. The van der Waals surface area contributed by atoms with Crippen molar-refractivity contribution in [2.45, 2.75) is 6.61 Å². The summed E-state index contributed by atoms with van der Waals surface area (Å²) in [6.07, 6.45) is 1.28. The van der Waals surface area contributed by atoms with E-state index in [1.54, 1.807) is 25.3 Å². The van der Waals surface area contributed by atoms with E-state index >= 15 is 0 Å². The lowest BCUT2D eigenvalue weighted by molar-refractivity contribution is 0.277. The molecule has 0 unspecified atom stereocenters. The van der Waals surface area contributed by atoms with Crippen molar-refractivity contribution >= 4 is 11.6 Å². The van der Waals surface area contributed by atoms with Gasteiger partial charge in [-0.1, -0.05) is 11.6 Å². The molecule has 1 aromatic carbocycles. The van der Waals surface area contributed by atoms with Crippen LogP contribution in [0, 0.1) is 0 Å². The lowest BCUT2D eigenvalue weighted by Gasteiger charge is -2.07. The molecule has 5 heteroatoms. The molecular formula is C11H10ClNO3. The summed E-state index contributed by atoms with van der Waals surface area (Å²) in [4.78, 5) is 3.90. The van der Waals surface area contributed by atoms with E-state index in [2.05, 4.69) is 4.98 Å². The summed E-state index contributed by atoms with van der Waals surface area (Å²) >= 11 is 5.91. The van der Waals surface area contributed by atoms with Crippen molar-refractivity contribution in [1.29, 1.82) is 0 Å². The highest BCUT2D eigenvalue weighted by atomic mass is 35.5. The third kappa shape index (κ3) is 1.89. The van der Waals surface area contributed by atoms with Crippen LogP contribution in [0.5, 0.6) is 5.75 Å². The molecule has 0 atom stereocenters. The molecule has 2 aromatic rings. The first-order valence-electron chi connectivity index (χ1n) is 4.63. The highest BCUT2D eigenvalue weighted by molar-refractivity contribution is 6.30. The number of oxazole rings is 1. The summed E-state index contributed by atoms with van der Waals surface area (Å²) in [6.45, 7) is -0.193. The molecule has 2 rings (SSSR count). The van der Waals surface area contributed by atoms with Gasteiger partial charge in [-0.2, -0.15) is 0 Å². The molecular weight excluding hydrogens is 230 g/mol. The summed E-state index contributed by atoms with van der Waals surface area (Å²) in [5, 5.41) is 9.67. The molecule has 1 N–H and O–H groups in total. The molecule has 0 aliphatic carbocycles. The number of hydrogen-bond acceptors (Lipinski definition) is 4. The van der Waals surface area contributed by atoms with Gasteiger partial charge in [0.1, 0.15) is 11.4 Å². The van der Waals surface area contributed by atoms with E-state index in [4.69, 9.17) is 25.9 Å². The number of hydrogen-bond donors (Lipinski definition) is 1. The lowest BCUT2D eigenvalue weighted by atomic mass is 10.1. The van der Waals surface area contributed by atoms with Gasteiger partial charge in [-0.3, -0.25) is 0 Å². The van der Waals surface area contributed by atoms with Crippen LogP contribution in [0.1, 0.15) is 5.69 Å². The average Bonchev–Trinajstić information content (AvgIpc) is 2.76. The number of methoxy groups -OCH3 is 1. The fourth-order valence-electron chi connectivity index (χ4n) is 1.46. The van der Waals surface area contributed by atoms with Crippen molar-refractivity contribution in [2.75, 3.05) is 7.11 Å². The first-order chi connectivity index (χ1) is 7.76. The monoisotopic (exact) mass is 239 g/mol. The third-order valence-electron chi connectivity index (χ3n) is 2.20. The number of halogens is 1. The molecule has 16 heavy (non-hydrogen) atoms. The van der Waals surface area contributed by atoms with Gasteiger partial charge in [-0.05, 0) is 18.2 Å². The molecule has 1 heterocycles. The predicted octanol–water partition coefficient (Wildman–Crippen LogP) is 2.50. The molecule has 0 fully saturated rings. The molecule has 84 valence electrons. The number of aliphatic hydroxyl groups excluding tert-OH is 1. The topological polar surface area (TPSA) is 55.5 Å². The van der Waals surface area contributed by atoms with Crippen molar-refractivity contribution in [2.24, 2.45) is 0 Å². The molecule has 4 nitrogen and oxygen atoms in total. The smallest absolute Gasteiger partial charge is 0.181 e. The normalized spacial score (nSPS) is 10.4. The number of benzene rings is 1. The van der Waals surface area contributed by atoms with E-state index in [0.29, 0.717) is 27.8 Å². The molecule has 1 aromatic heterocycles. The van der Waals surface area contributed by atoms with Crippen molar-refractivity contribution in [3.63, 3.8) is 0 Å². The minimum absolute atomic E-state index is 0.193. The summed E-state index contributed by atoms with van der Waals surface area (Å²) in [7, 11) is 1.56. The molecule has 0 amide bonds. The zero-order valence-electron chi connectivity index (χ0n) is 8.61. The van der Waals surface area contributed by atoms with Gasteiger partial charge in [-0.15, -0.1) is 0 Å². The Morgan fingerprint density at radius 2 is 2.31 bits per heavy atom. The Kier molecular flexibility index (Phi) is 3.12. The van der Waals surface area contributed by atoms with E-state index < -0.39 is 0 Å². The predicted molar refractivity (Wildman–Crippen MR) is 59.4 cm³/mol. The molecule has 0 saturated carbocycles. The van der Waals surface area contributed by atoms with Crippen molar-refractivity contribution < 1.29 is 14.3 Å². The maximum Gasteiger partial charge on any atom is 0.181 e. The molecule has 0 bridgehead atoms. The summed E-state index contributed by atoms with van der Waals surface area (Å²) < 4.78 is 10.4. The standard InChI is InChI=1S/C11H10ClNO3/c1-15-10-3-2-7(12)4-8(10)11-9(5-14)13-6-16-11/h2-4,6,14H,5H2,1H3. The van der Waals surface area contributed by atoms with Gasteiger partial charge >= 0.3 is 0 Å². The summed E-state index contributed by atoms with van der Waals surface area (Å²) in [5.41, 5.74) is 1.14. The number of ether oxygens (including phenoxy) is 1. The van der Waals surface area contributed by atoms with E-state index in [9.17, 15) is 0 Å². The third-order valence-corrected chi connectivity index (χ3v) is 2.43. The van der Waals surface area contributed by atoms with Gasteiger partial charge in [0, 0.05) is 5.02 Å². The van der Waals surface area contributed by atoms with Gasteiger partial charge in [0.2, 0.25) is 0 Å².